The highest BCUT2D eigenvalue weighted by Crippen LogP contribution is 2.39. The van der Waals surface area contributed by atoms with Gasteiger partial charge in [-0.3, -0.25) is 14.9 Å². The Kier molecular flexibility index (Phi) is 2.73. The van der Waals surface area contributed by atoms with E-state index in [1.165, 1.54) is 6.07 Å². The maximum Gasteiger partial charge on any atom is 0.273 e. The summed E-state index contributed by atoms with van der Waals surface area (Å²) in [6, 6.07) is 6.44. The van der Waals surface area contributed by atoms with Crippen molar-refractivity contribution >= 4 is 11.5 Å². The number of nitrogens with zero attached hydrogens (tertiary/aromatic N) is 1. The van der Waals surface area contributed by atoms with Crippen molar-refractivity contribution in [1.29, 1.82) is 0 Å². The fraction of sp³-hybridized carbons (Fsp3) is 0.417. The van der Waals surface area contributed by atoms with Crippen molar-refractivity contribution in [2.24, 2.45) is 11.8 Å². The zero-order valence-electron chi connectivity index (χ0n) is 9.05. The summed E-state index contributed by atoms with van der Waals surface area (Å²) in [5.41, 5.74) is 0.570. The Morgan fingerprint density at radius 1 is 1.50 bits per heavy atom. The Bertz CT molecular complexity index is 442. The molecule has 16 heavy (non-hydrogen) atoms. The lowest BCUT2D eigenvalue weighted by Gasteiger charge is -2.01. The second-order valence-electron chi connectivity index (χ2n) is 4.35. The highest BCUT2D eigenvalue weighted by atomic mass is 16.6. The van der Waals surface area contributed by atoms with Crippen LogP contribution >= 0.6 is 0 Å². The van der Waals surface area contributed by atoms with Crippen LogP contribution in [0, 0.1) is 22.0 Å². The molecule has 0 aromatic heterocycles. The van der Waals surface area contributed by atoms with E-state index < -0.39 is 4.92 Å². The molecule has 1 fully saturated rings. The first-order valence-electron chi connectivity index (χ1n) is 5.34. The van der Waals surface area contributed by atoms with E-state index in [2.05, 4.69) is 0 Å². The van der Waals surface area contributed by atoms with Crippen LogP contribution < -0.4 is 0 Å². The molecule has 0 aliphatic heterocycles. The summed E-state index contributed by atoms with van der Waals surface area (Å²) in [5.74, 6) is 0.705. The van der Waals surface area contributed by atoms with E-state index in [0.717, 1.165) is 6.42 Å². The molecule has 0 amide bonds. The van der Waals surface area contributed by atoms with Crippen LogP contribution in [0.4, 0.5) is 5.69 Å². The lowest BCUT2D eigenvalue weighted by atomic mass is 10.0. The van der Waals surface area contributed by atoms with Gasteiger partial charge in [-0.25, -0.2) is 0 Å². The van der Waals surface area contributed by atoms with Gasteiger partial charge in [0.15, 0.2) is 0 Å². The van der Waals surface area contributed by atoms with Gasteiger partial charge >= 0.3 is 0 Å². The van der Waals surface area contributed by atoms with E-state index in [-0.39, 0.29) is 23.8 Å². The van der Waals surface area contributed by atoms with Crippen LogP contribution in [0.15, 0.2) is 24.3 Å². The zero-order chi connectivity index (χ0) is 11.7. The van der Waals surface area contributed by atoms with Gasteiger partial charge in [-0.15, -0.1) is 0 Å². The van der Waals surface area contributed by atoms with Crippen LogP contribution in [0.5, 0.6) is 0 Å². The third-order valence-corrected chi connectivity index (χ3v) is 3.08. The SMILES string of the molecule is CC1CC1C(=O)Cc1ccccc1[N+](=O)[O-]. The van der Waals surface area contributed by atoms with Crippen LogP contribution in [-0.2, 0) is 11.2 Å². The Hall–Kier alpha value is -1.71. The first kappa shape index (κ1) is 10.8. The molecule has 1 aromatic rings. The lowest BCUT2D eigenvalue weighted by molar-refractivity contribution is -0.385. The Labute approximate surface area is 93.4 Å². The van der Waals surface area contributed by atoms with Crippen LogP contribution in [0.3, 0.4) is 0 Å². The quantitative estimate of drug-likeness (QED) is 0.577. The molecule has 0 radical (unpaired) electrons. The van der Waals surface area contributed by atoms with Crippen LogP contribution in [0.25, 0.3) is 0 Å². The summed E-state index contributed by atoms with van der Waals surface area (Å²) < 4.78 is 0. The fourth-order valence-electron chi connectivity index (χ4n) is 1.93. The highest BCUT2D eigenvalue weighted by Gasteiger charge is 2.38. The average molecular weight is 219 g/mol. The standard InChI is InChI=1S/C12H13NO3/c1-8-6-10(8)12(14)7-9-4-2-3-5-11(9)13(15)16/h2-5,8,10H,6-7H2,1H3. The third kappa shape index (κ3) is 2.10. The van der Waals surface area contributed by atoms with Gasteiger partial charge in [0.25, 0.3) is 5.69 Å². The number of nitro benzene ring substituents is 1. The first-order valence-corrected chi connectivity index (χ1v) is 5.34. The van der Waals surface area contributed by atoms with E-state index in [4.69, 9.17) is 0 Å². The number of benzene rings is 1. The molecule has 0 bridgehead atoms. The van der Waals surface area contributed by atoms with Crippen LogP contribution in [0.2, 0.25) is 0 Å². The minimum Gasteiger partial charge on any atom is -0.299 e. The molecular formula is C12H13NO3. The van der Waals surface area contributed by atoms with Crippen molar-refractivity contribution in [2.75, 3.05) is 0 Å². The monoisotopic (exact) mass is 219 g/mol. The maximum atomic E-state index is 11.7. The third-order valence-electron chi connectivity index (χ3n) is 3.08. The molecule has 4 heteroatoms. The fourth-order valence-corrected chi connectivity index (χ4v) is 1.93. The van der Waals surface area contributed by atoms with Gasteiger partial charge in [-0.1, -0.05) is 25.1 Å². The van der Waals surface area contributed by atoms with E-state index in [0.29, 0.717) is 11.5 Å². The second-order valence-corrected chi connectivity index (χ2v) is 4.35. The molecule has 2 atom stereocenters. The van der Waals surface area contributed by atoms with Crippen molar-refractivity contribution in [3.63, 3.8) is 0 Å². The van der Waals surface area contributed by atoms with E-state index >= 15 is 0 Å². The van der Waals surface area contributed by atoms with E-state index in [9.17, 15) is 14.9 Å². The van der Waals surface area contributed by atoms with Gasteiger partial charge in [0.05, 0.1) is 4.92 Å². The summed E-state index contributed by atoms with van der Waals surface area (Å²) in [5, 5.41) is 10.7. The molecule has 2 unspecified atom stereocenters. The zero-order valence-corrected chi connectivity index (χ0v) is 9.05. The van der Waals surface area contributed by atoms with Gasteiger partial charge < -0.3 is 0 Å². The Morgan fingerprint density at radius 3 is 2.69 bits per heavy atom. The molecule has 0 saturated heterocycles. The minimum atomic E-state index is -0.432. The van der Waals surface area contributed by atoms with Crippen LogP contribution in [-0.4, -0.2) is 10.7 Å². The second kappa shape index (κ2) is 4.04. The Morgan fingerprint density at radius 2 is 2.12 bits per heavy atom. The molecule has 1 aliphatic carbocycles. The molecule has 1 aliphatic rings. The van der Waals surface area contributed by atoms with E-state index in [1.807, 2.05) is 6.92 Å². The number of Topliss-reactive ketones (excluding diaryl/α,β-unsaturated/α-hetero) is 1. The van der Waals surface area contributed by atoms with Crippen molar-refractivity contribution in [1.82, 2.24) is 0 Å². The number of hydrogen-bond donors (Lipinski definition) is 0. The minimum absolute atomic E-state index is 0.0455. The average Bonchev–Trinajstić information content (AvgIpc) is 2.96. The molecule has 4 nitrogen and oxygen atoms in total. The summed E-state index contributed by atoms with van der Waals surface area (Å²) in [4.78, 5) is 22.1. The summed E-state index contributed by atoms with van der Waals surface area (Å²) >= 11 is 0. The molecule has 0 N–H and O–H groups in total. The van der Waals surface area contributed by atoms with Crippen molar-refractivity contribution in [3.8, 4) is 0 Å². The molecular weight excluding hydrogens is 206 g/mol. The van der Waals surface area contributed by atoms with Gasteiger partial charge in [0, 0.05) is 24.0 Å². The van der Waals surface area contributed by atoms with E-state index in [1.54, 1.807) is 18.2 Å². The number of ketones is 1. The Balaban J connectivity index is 2.14. The van der Waals surface area contributed by atoms with Gasteiger partial charge in [-0.05, 0) is 12.3 Å². The molecule has 2 rings (SSSR count). The predicted molar refractivity (Wildman–Crippen MR) is 59.1 cm³/mol. The van der Waals surface area contributed by atoms with Crippen molar-refractivity contribution < 1.29 is 9.72 Å². The number of carbonyl (C=O) groups is 1. The number of hydrogen-bond acceptors (Lipinski definition) is 3. The van der Waals surface area contributed by atoms with Crippen molar-refractivity contribution in [2.45, 2.75) is 19.8 Å². The highest BCUT2D eigenvalue weighted by molar-refractivity contribution is 5.86. The van der Waals surface area contributed by atoms with Gasteiger partial charge in [0.2, 0.25) is 0 Å². The molecule has 0 heterocycles. The summed E-state index contributed by atoms with van der Waals surface area (Å²) in [6.07, 6.45) is 1.12. The predicted octanol–water partition coefficient (Wildman–Crippen LogP) is 2.36. The molecule has 0 spiro atoms. The first-order chi connectivity index (χ1) is 7.59. The summed E-state index contributed by atoms with van der Waals surface area (Å²) in [6.45, 7) is 2.03. The number of carbonyl (C=O) groups excluding carboxylic acids is 1. The number of para-hydroxylation sites is 1. The lowest BCUT2D eigenvalue weighted by Crippen LogP contribution is -2.07. The largest absolute Gasteiger partial charge is 0.299 e. The number of rotatable bonds is 4. The normalized spacial score (nSPS) is 22.8. The maximum absolute atomic E-state index is 11.7. The van der Waals surface area contributed by atoms with Crippen molar-refractivity contribution in [3.05, 3.63) is 39.9 Å². The smallest absolute Gasteiger partial charge is 0.273 e. The van der Waals surface area contributed by atoms with Crippen LogP contribution in [0.1, 0.15) is 18.9 Å². The van der Waals surface area contributed by atoms with Gasteiger partial charge in [0.1, 0.15) is 5.78 Å². The summed E-state index contributed by atoms with van der Waals surface area (Å²) in [7, 11) is 0. The molecule has 1 saturated carbocycles. The topological polar surface area (TPSA) is 60.2 Å². The molecule has 84 valence electrons. The van der Waals surface area contributed by atoms with Gasteiger partial charge in [-0.2, -0.15) is 0 Å². The number of nitro groups is 1. The molecule has 1 aromatic carbocycles.